The van der Waals surface area contributed by atoms with Crippen molar-refractivity contribution in [1.29, 1.82) is 0 Å². The Morgan fingerprint density at radius 3 is 2.05 bits per heavy atom. The van der Waals surface area contributed by atoms with E-state index in [0.717, 1.165) is 38.5 Å². The van der Waals surface area contributed by atoms with Crippen LogP contribution in [0, 0.1) is 0 Å². The lowest BCUT2D eigenvalue weighted by molar-refractivity contribution is -0.135. The Hall–Kier alpha value is -1.25. The van der Waals surface area contributed by atoms with E-state index >= 15 is 0 Å². The first-order valence-corrected chi connectivity index (χ1v) is 7.80. The number of hydrogen-bond donors (Lipinski definition) is 0. The van der Waals surface area contributed by atoms with Crippen LogP contribution >= 0.6 is 0 Å². The molecule has 0 atom stereocenters. The summed E-state index contributed by atoms with van der Waals surface area (Å²) in [6.45, 7) is 3.81. The monoisotopic (exact) mass is 298 g/mol. The maximum Gasteiger partial charge on any atom is 0.389 e. The normalized spacial score (nSPS) is 11.6. The maximum atomic E-state index is 11.9. The molecule has 1 aromatic carbocycles. The van der Waals surface area contributed by atoms with Gasteiger partial charge in [-0.2, -0.15) is 13.2 Å². The molecule has 0 saturated carbocycles. The average Bonchev–Trinajstić information content (AvgIpc) is 2.44. The van der Waals surface area contributed by atoms with E-state index in [1.165, 1.54) is 11.1 Å². The quantitative estimate of drug-likeness (QED) is 0.429. The zero-order valence-electron chi connectivity index (χ0n) is 12.6. The number of alkyl halides is 3. The van der Waals surface area contributed by atoms with Crippen LogP contribution in [-0.4, -0.2) is 6.18 Å². The number of aryl methyl sites for hydroxylation is 1. The molecule has 0 aromatic heterocycles. The second kappa shape index (κ2) is 9.64. The van der Waals surface area contributed by atoms with Crippen LogP contribution in [-0.2, 0) is 6.42 Å². The van der Waals surface area contributed by atoms with Gasteiger partial charge < -0.3 is 0 Å². The van der Waals surface area contributed by atoms with Crippen molar-refractivity contribution in [3.05, 3.63) is 42.0 Å². The molecule has 0 spiro atoms. The van der Waals surface area contributed by atoms with Gasteiger partial charge in [-0.25, -0.2) is 0 Å². The van der Waals surface area contributed by atoms with E-state index in [1.807, 2.05) is 18.2 Å². The van der Waals surface area contributed by atoms with Crippen molar-refractivity contribution in [1.82, 2.24) is 0 Å². The van der Waals surface area contributed by atoms with Crippen molar-refractivity contribution in [2.24, 2.45) is 0 Å². The first-order chi connectivity index (χ1) is 10.0. The lowest BCUT2D eigenvalue weighted by atomic mass is 10.0. The zero-order valence-corrected chi connectivity index (χ0v) is 12.6. The molecule has 0 bridgehead atoms. The summed E-state index contributed by atoms with van der Waals surface area (Å²) in [6.07, 6.45) is 4.63. The van der Waals surface area contributed by atoms with Gasteiger partial charge in [0.25, 0.3) is 0 Å². The second-order valence-corrected chi connectivity index (χ2v) is 5.49. The molecule has 0 fully saturated rings. The molecule has 0 unspecified atom stereocenters. The highest BCUT2D eigenvalue weighted by atomic mass is 19.4. The fraction of sp³-hybridized carbons (Fsp3) is 0.556. The molecule has 0 aliphatic heterocycles. The molecule has 118 valence electrons. The van der Waals surface area contributed by atoms with E-state index in [4.69, 9.17) is 0 Å². The van der Waals surface area contributed by atoms with E-state index in [1.54, 1.807) is 0 Å². The molecule has 0 heterocycles. The van der Waals surface area contributed by atoms with Gasteiger partial charge in [0.2, 0.25) is 0 Å². The highest BCUT2D eigenvalue weighted by molar-refractivity contribution is 5.51. The maximum absolute atomic E-state index is 11.9. The fourth-order valence-corrected chi connectivity index (χ4v) is 2.49. The molecule has 0 N–H and O–H groups in total. The Morgan fingerprint density at radius 1 is 0.857 bits per heavy atom. The highest BCUT2D eigenvalue weighted by Gasteiger charge is 2.25. The van der Waals surface area contributed by atoms with Gasteiger partial charge >= 0.3 is 6.18 Å². The van der Waals surface area contributed by atoms with E-state index < -0.39 is 12.6 Å². The van der Waals surface area contributed by atoms with Crippen LogP contribution < -0.4 is 0 Å². The van der Waals surface area contributed by atoms with Gasteiger partial charge in [0.05, 0.1) is 0 Å². The summed E-state index contributed by atoms with van der Waals surface area (Å²) < 4.78 is 35.8. The predicted octanol–water partition coefficient (Wildman–Crippen LogP) is 6.56. The number of benzene rings is 1. The fourth-order valence-electron chi connectivity index (χ4n) is 2.49. The topological polar surface area (TPSA) is 0 Å². The number of rotatable bonds is 10. The molecule has 0 amide bonds. The highest BCUT2D eigenvalue weighted by Crippen LogP contribution is 2.23. The summed E-state index contributed by atoms with van der Waals surface area (Å²) in [4.78, 5) is 0. The zero-order chi connectivity index (χ0) is 15.6. The summed E-state index contributed by atoms with van der Waals surface area (Å²) in [7, 11) is 0. The molecular weight excluding hydrogens is 273 g/mol. The van der Waals surface area contributed by atoms with Gasteiger partial charge in [-0.3, -0.25) is 0 Å². The molecule has 0 radical (unpaired) electrons. The molecule has 21 heavy (non-hydrogen) atoms. The van der Waals surface area contributed by atoms with Crippen LogP contribution in [0.4, 0.5) is 13.2 Å². The Labute approximate surface area is 126 Å². The van der Waals surface area contributed by atoms with Gasteiger partial charge in [-0.05, 0) is 30.4 Å². The van der Waals surface area contributed by atoms with Crippen LogP contribution in [0.25, 0.3) is 6.08 Å². The van der Waals surface area contributed by atoms with Crippen molar-refractivity contribution in [3.63, 3.8) is 0 Å². The van der Waals surface area contributed by atoms with Crippen molar-refractivity contribution in [3.8, 4) is 0 Å². The second-order valence-electron chi connectivity index (χ2n) is 5.49. The van der Waals surface area contributed by atoms with Gasteiger partial charge in [-0.1, -0.05) is 69.0 Å². The van der Waals surface area contributed by atoms with E-state index in [0.29, 0.717) is 6.42 Å². The van der Waals surface area contributed by atoms with Crippen LogP contribution in [0.3, 0.4) is 0 Å². The largest absolute Gasteiger partial charge is 0.389 e. The van der Waals surface area contributed by atoms with E-state index in [-0.39, 0.29) is 6.42 Å². The molecule has 1 rings (SSSR count). The first kappa shape index (κ1) is 17.8. The SMILES string of the molecule is C=Cc1ccccc1CCCCCCCCCC(F)(F)F. The third kappa shape index (κ3) is 8.59. The number of unbranched alkanes of at least 4 members (excludes halogenated alkanes) is 6. The van der Waals surface area contributed by atoms with Crippen molar-refractivity contribution >= 4 is 6.08 Å². The van der Waals surface area contributed by atoms with Gasteiger partial charge in [0, 0.05) is 6.42 Å². The first-order valence-electron chi connectivity index (χ1n) is 7.80. The number of hydrogen-bond acceptors (Lipinski definition) is 0. The minimum absolute atomic E-state index is 0.274. The minimum Gasteiger partial charge on any atom is -0.171 e. The minimum atomic E-state index is -3.99. The summed E-state index contributed by atoms with van der Waals surface area (Å²) in [5, 5.41) is 0. The van der Waals surface area contributed by atoms with Crippen LogP contribution in [0.5, 0.6) is 0 Å². The Kier molecular flexibility index (Phi) is 8.17. The molecule has 3 heteroatoms. The summed E-state index contributed by atoms with van der Waals surface area (Å²) >= 11 is 0. The Morgan fingerprint density at radius 2 is 1.43 bits per heavy atom. The molecule has 0 aliphatic rings. The van der Waals surface area contributed by atoms with Crippen LogP contribution in [0.15, 0.2) is 30.8 Å². The van der Waals surface area contributed by atoms with Crippen LogP contribution in [0.2, 0.25) is 0 Å². The summed E-state index contributed by atoms with van der Waals surface area (Å²) in [5.41, 5.74) is 2.53. The third-order valence-electron chi connectivity index (χ3n) is 3.68. The number of halogens is 3. The average molecular weight is 298 g/mol. The lowest BCUT2D eigenvalue weighted by Gasteiger charge is -2.07. The van der Waals surface area contributed by atoms with Gasteiger partial charge in [0.15, 0.2) is 0 Å². The molecule has 0 saturated heterocycles. The smallest absolute Gasteiger partial charge is 0.171 e. The molecule has 0 nitrogen and oxygen atoms in total. The molecule has 1 aromatic rings. The van der Waals surface area contributed by atoms with Crippen molar-refractivity contribution in [2.45, 2.75) is 64.0 Å². The lowest BCUT2D eigenvalue weighted by Crippen LogP contribution is -2.06. The van der Waals surface area contributed by atoms with Crippen molar-refractivity contribution < 1.29 is 13.2 Å². The van der Waals surface area contributed by atoms with Gasteiger partial charge in [-0.15, -0.1) is 0 Å². The van der Waals surface area contributed by atoms with E-state index in [2.05, 4.69) is 18.7 Å². The Balaban J connectivity index is 2.01. The third-order valence-corrected chi connectivity index (χ3v) is 3.68. The summed E-state index contributed by atoms with van der Waals surface area (Å²) in [6, 6.07) is 8.27. The van der Waals surface area contributed by atoms with E-state index in [9.17, 15) is 13.2 Å². The Bertz CT molecular complexity index is 407. The predicted molar refractivity (Wildman–Crippen MR) is 83.2 cm³/mol. The van der Waals surface area contributed by atoms with Crippen LogP contribution in [0.1, 0.15) is 62.5 Å². The van der Waals surface area contributed by atoms with Gasteiger partial charge in [0.1, 0.15) is 0 Å². The molecular formula is C18H25F3. The summed E-state index contributed by atoms with van der Waals surface area (Å²) in [5.74, 6) is 0. The van der Waals surface area contributed by atoms with Crippen molar-refractivity contribution in [2.75, 3.05) is 0 Å². The standard InChI is InChI=1S/C18H25F3/c1-2-16-12-9-10-14-17(16)13-8-6-4-3-5-7-11-15-18(19,20)21/h2,9-10,12,14H,1,3-8,11,13,15H2. The molecule has 0 aliphatic carbocycles.